The topological polar surface area (TPSA) is 59.0 Å². The highest BCUT2D eigenvalue weighted by Gasteiger charge is 2.49. The van der Waals surface area contributed by atoms with Crippen molar-refractivity contribution in [2.75, 3.05) is 6.61 Å². The maximum absolute atomic E-state index is 6.88. The molecular weight excluding hydrogens is 594 g/mol. The Balaban J connectivity index is 1.31. The van der Waals surface area contributed by atoms with Crippen molar-refractivity contribution in [2.45, 2.75) is 61.3 Å². The van der Waals surface area contributed by atoms with Gasteiger partial charge in [0.1, 0.15) is 29.9 Å². The Bertz CT molecular complexity index is 1550. The lowest BCUT2D eigenvalue weighted by Gasteiger charge is -2.46. The van der Waals surface area contributed by atoms with Crippen molar-refractivity contribution in [3.8, 4) is 0 Å². The van der Waals surface area contributed by atoms with E-state index < -0.39 is 29.9 Å². The SMILES string of the molecule is c1ccc(COC[C@H]2O[C@H](Sc3ccccn3)[C@@H](OCc3ccccc3)[C@@H](OCc3ccccc3)[C@@H]2OCc2ccccc2)cc1. The molecule has 7 heteroatoms. The van der Waals surface area contributed by atoms with Gasteiger partial charge in [0, 0.05) is 6.20 Å². The fraction of sp³-hybridized carbons (Fsp3) is 0.256. The van der Waals surface area contributed by atoms with E-state index in [2.05, 4.69) is 53.5 Å². The van der Waals surface area contributed by atoms with Gasteiger partial charge >= 0.3 is 0 Å². The third-order valence-corrected chi connectivity index (χ3v) is 8.81. The zero-order valence-electron chi connectivity index (χ0n) is 25.7. The second-order valence-corrected chi connectivity index (χ2v) is 12.2. The van der Waals surface area contributed by atoms with Crippen LogP contribution in [0.3, 0.4) is 0 Å². The largest absolute Gasteiger partial charge is 0.374 e. The van der Waals surface area contributed by atoms with Gasteiger partial charge in [-0.3, -0.25) is 0 Å². The lowest BCUT2D eigenvalue weighted by Crippen LogP contribution is -2.60. The van der Waals surface area contributed by atoms with Gasteiger partial charge in [-0.15, -0.1) is 0 Å². The standard InChI is InChI=1S/C39H39NO5S/c1-5-15-30(16-6-1)25-41-29-34-36(42-26-31-17-7-2-8-18-31)37(43-27-32-19-9-3-10-20-32)38(44-28-33-21-11-4-12-22-33)39(45-34)46-35-23-13-14-24-40-35/h1-24,34,36-39H,25-29H2/t34-,36-,37+,38+,39-/m1/s1. The van der Waals surface area contributed by atoms with Crippen LogP contribution in [0.2, 0.25) is 0 Å². The Morgan fingerprint density at radius 1 is 0.500 bits per heavy atom. The molecule has 0 bridgehead atoms. The van der Waals surface area contributed by atoms with Gasteiger partial charge in [0.25, 0.3) is 0 Å². The molecule has 0 radical (unpaired) electrons. The minimum atomic E-state index is -0.471. The van der Waals surface area contributed by atoms with Crippen molar-refractivity contribution in [3.05, 3.63) is 168 Å². The Morgan fingerprint density at radius 2 is 0.957 bits per heavy atom. The third kappa shape index (κ3) is 9.36. The summed E-state index contributed by atoms with van der Waals surface area (Å²) < 4.78 is 33.5. The monoisotopic (exact) mass is 633 g/mol. The number of benzene rings is 4. The van der Waals surface area contributed by atoms with E-state index in [-0.39, 0.29) is 0 Å². The number of aromatic nitrogens is 1. The first kappa shape index (κ1) is 32.1. The molecule has 2 heterocycles. The van der Waals surface area contributed by atoms with Crippen molar-refractivity contribution in [1.29, 1.82) is 0 Å². The van der Waals surface area contributed by atoms with Gasteiger partial charge in [0.2, 0.25) is 0 Å². The first-order valence-corrected chi connectivity index (χ1v) is 16.5. The number of thioether (sulfide) groups is 1. The summed E-state index contributed by atoms with van der Waals surface area (Å²) >= 11 is 1.53. The van der Waals surface area contributed by atoms with Gasteiger partial charge in [-0.1, -0.05) is 139 Å². The highest BCUT2D eigenvalue weighted by Crippen LogP contribution is 2.38. The molecule has 1 saturated heterocycles. The fourth-order valence-electron chi connectivity index (χ4n) is 5.38. The first-order chi connectivity index (χ1) is 22.8. The molecule has 0 N–H and O–H groups in total. The van der Waals surface area contributed by atoms with E-state index in [4.69, 9.17) is 23.7 Å². The molecule has 1 aromatic heterocycles. The van der Waals surface area contributed by atoms with E-state index in [1.165, 1.54) is 11.8 Å². The number of pyridine rings is 1. The van der Waals surface area contributed by atoms with Crippen LogP contribution in [-0.2, 0) is 50.1 Å². The summed E-state index contributed by atoms with van der Waals surface area (Å²) in [5, 5.41) is 0.843. The number of hydrogen-bond donors (Lipinski definition) is 0. The summed E-state index contributed by atoms with van der Waals surface area (Å²) in [6.07, 6.45) is -0.0392. The van der Waals surface area contributed by atoms with E-state index in [1.54, 1.807) is 6.20 Å². The van der Waals surface area contributed by atoms with Crippen LogP contribution in [-0.4, -0.2) is 41.4 Å². The van der Waals surface area contributed by atoms with Crippen LogP contribution in [0.15, 0.2) is 151 Å². The molecule has 5 atom stereocenters. The Morgan fingerprint density at radius 3 is 1.46 bits per heavy atom. The van der Waals surface area contributed by atoms with Gasteiger partial charge in [-0.2, -0.15) is 0 Å². The molecule has 4 aromatic carbocycles. The van der Waals surface area contributed by atoms with Gasteiger partial charge in [-0.25, -0.2) is 4.98 Å². The molecule has 1 aliphatic rings. The molecule has 5 aromatic rings. The maximum atomic E-state index is 6.88. The highest BCUT2D eigenvalue weighted by molar-refractivity contribution is 7.99. The summed E-state index contributed by atoms with van der Waals surface area (Å²) in [6, 6.07) is 46.6. The fourth-order valence-corrected chi connectivity index (χ4v) is 6.46. The molecule has 6 nitrogen and oxygen atoms in total. The van der Waals surface area contributed by atoms with E-state index in [0.717, 1.165) is 27.3 Å². The van der Waals surface area contributed by atoms with Gasteiger partial charge in [0.15, 0.2) is 0 Å². The number of nitrogens with zero attached hydrogens (tertiary/aromatic N) is 1. The van der Waals surface area contributed by atoms with E-state index in [1.807, 2.05) is 91.0 Å². The summed E-state index contributed by atoms with van der Waals surface area (Å²) in [4.78, 5) is 4.59. The van der Waals surface area contributed by atoms with Crippen molar-refractivity contribution in [2.24, 2.45) is 0 Å². The second-order valence-electron chi connectivity index (χ2n) is 11.1. The lowest BCUT2D eigenvalue weighted by atomic mass is 9.98. The molecule has 236 valence electrons. The molecular formula is C39H39NO5S. The maximum Gasteiger partial charge on any atom is 0.138 e. The molecule has 0 saturated carbocycles. The third-order valence-electron chi connectivity index (χ3n) is 7.72. The number of hydrogen-bond acceptors (Lipinski definition) is 7. The van der Waals surface area contributed by atoms with Crippen LogP contribution in [0.1, 0.15) is 22.3 Å². The second kappa shape index (κ2) is 17.2. The van der Waals surface area contributed by atoms with Gasteiger partial charge < -0.3 is 23.7 Å². The Labute approximate surface area is 275 Å². The van der Waals surface area contributed by atoms with Gasteiger partial charge in [0.05, 0.1) is 38.1 Å². The van der Waals surface area contributed by atoms with Crippen molar-refractivity contribution in [3.63, 3.8) is 0 Å². The van der Waals surface area contributed by atoms with Crippen molar-refractivity contribution >= 4 is 11.8 Å². The minimum Gasteiger partial charge on any atom is -0.374 e. The summed E-state index contributed by atoms with van der Waals surface area (Å²) in [5.74, 6) is 0. The van der Waals surface area contributed by atoms with Crippen LogP contribution in [0, 0.1) is 0 Å². The van der Waals surface area contributed by atoms with Gasteiger partial charge in [-0.05, 0) is 34.4 Å². The smallest absolute Gasteiger partial charge is 0.138 e. The highest BCUT2D eigenvalue weighted by atomic mass is 32.2. The van der Waals surface area contributed by atoms with Crippen molar-refractivity contribution in [1.82, 2.24) is 4.98 Å². The Kier molecular flexibility index (Phi) is 12.0. The number of ether oxygens (including phenoxy) is 5. The van der Waals surface area contributed by atoms with Crippen LogP contribution < -0.4 is 0 Å². The summed E-state index contributed by atoms with van der Waals surface area (Å²) in [5.41, 5.74) is 3.88. The predicted octanol–water partition coefficient (Wildman–Crippen LogP) is 7.87. The molecule has 6 rings (SSSR count). The minimum absolute atomic E-state index is 0.324. The Hall–Kier alpha value is -3.82. The average molecular weight is 634 g/mol. The van der Waals surface area contributed by atoms with E-state index >= 15 is 0 Å². The summed E-state index contributed by atoms with van der Waals surface area (Å²) in [7, 11) is 0. The summed E-state index contributed by atoms with van der Waals surface area (Å²) in [6.45, 7) is 2.00. The predicted molar refractivity (Wildman–Crippen MR) is 180 cm³/mol. The molecule has 0 unspecified atom stereocenters. The number of rotatable bonds is 15. The molecule has 1 aliphatic heterocycles. The molecule has 0 amide bonds. The molecule has 0 spiro atoms. The molecule has 1 fully saturated rings. The zero-order valence-corrected chi connectivity index (χ0v) is 26.5. The van der Waals surface area contributed by atoms with Crippen LogP contribution in [0.5, 0.6) is 0 Å². The van der Waals surface area contributed by atoms with Crippen LogP contribution >= 0.6 is 11.8 Å². The molecule has 0 aliphatic carbocycles. The molecule has 46 heavy (non-hydrogen) atoms. The normalized spacial score (nSPS) is 21.2. The van der Waals surface area contributed by atoms with E-state index in [9.17, 15) is 0 Å². The quantitative estimate of drug-likeness (QED) is 0.116. The average Bonchev–Trinajstić information content (AvgIpc) is 3.12. The first-order valence-electron chi connectivity index (χ1n) is 15.6. The lowest BCUT2D eigenvalue weighted by molar-refractivity contribution is -0.254. The van der Waals surface area contributed by atoms with E-state index in [0.29, 0.717) is 33.0 Å². The van der Waals surface area contributed by atoms with Crippen LogP contribution in [0.25, 0.3) is 0 Å². The van der Waals surface area contributed by atoms with Crippen LogP contribution in [0.4, 0.5) is 0 Å². The zero-order chi connectivity index (χ0) is 31.2. The van der Waals surface area contributed by atoms with Crippen molar-refractivity contribution < 1.29 is 23.7 Å².